The second-order valence-electron chi connectivity index (χ2n) is 5.43. The Morgan fingerprint density at radius 1 is 0.963 bits per heavy atom. The fraction of sp³-hybridized carbons (Fsp3) is 0.222. The highest BCUT2D eigenvalue weighted by Gasteiger charge is 2.38. The van der Waals surface area contributed by atoms with Crippen LogP contribution in [-0.4, -0.2) is 32.2 Å². The van der Waals surface area contributed by atoms with Crippen molar-refractivity contribution in [2.45, 2.75) is 12.7 Å². The van der Waals surface area contributed by atoms with Crippen LogP contribution in [0.4, 0.5) is 18.9 Å². The van der Waals surface area contributed by atoms with Gasteiger partial charge in [-0.2, -0.15) is 13.2 Å². The SMILES string of the molecule is COc1cc(OC)cc(C(=O)Nc2ccc(CNC(=O)C(F)(F)F)cc2)c1. The highest BCUT2D eigenvalue weighted by molar-refractivity contribution is 6.04. The maximum absolute atomic E-state index is 12.4. The Labute approximate surface area is 153 Å². The molecule has 2 N–H and O–H groups in total. The van der Waals surface area contributed by atoms with Gasteiger partial charge in [0.25, 0.3) is 5.91 Å². The zero-order valence-corrected chi connectivity index (χ0v) is 14.5. The van der Waals surface area contributed by atoms with Crippen LogP contribution in [0.2, 0.25) is 0 Å². The first-order chi connectivity index (χ1) is 12.7. The molecule has 0 aliphatic carbocycles. The number of carbonyl (C=O) groups excluding carboxylic acids is 2. The van der Waals surface area contributed by atoms with E-state index in [1.807, 2.05) is 0 Å². The number of methoxy groups -OCH3 is 2. The minimum Gasteiger partial charge on any atom is -0.497 e. The lowest BCUT2D eigenvalue weighted by molar-refractivity contribution is -0.173. The van der Waals surface area contributed by atoms with E-state index < -0.39 is 18.0 Å². The Morgan fingerprint density at radius 2 is 1.52 bits per heavy atom. The molecule has 0 spiro atoms. The molecule has 2 aromatic carbocycles. The van der Waals surface area contributed by atoms with E-state index in [1.54, 1.807) is 23.5 Å². The summed E-state index contributed by atoms with van der Waals surface area (Å²) in [6.45, 7) is -0.278. The lowest BCUT2D eigenvalue weighted by Gasteiger charge is -2.10. The minimum atomic E-state index is -4.92. The van der Waals surface area contributed by atoms with Gasteiger partial charge in [0.1, 0.15) is 11.5 Å². The fourth-order valence-electron chi connectivity index (χ4n) is 2.13. The quantitative estimate of drug-likeness (QED) is 0.805. The molecule has 0 saturated heterocycles. The summed E-state index contributed by atoms with van der Waals surface area (Å²) in [7, 11) is 2.93. The summed E-state index contributed by atoms with van der Waals surface area (Å²) in [6, 6.07) is 10.7. The molecule has 27 heavy (non-hydrogen) atoms. The molecule has 0 fully saturated rings. The van der Waals surface area contributed by atoms with Gasteiger partial charge in [-0.3, -0.25) is 9.59 Å². The number of rotatable bonds is 6. The van der Waals surface area contributed by atoms with Crippen LogP contribution in [0.3, 0.4) is 0 Å². The second-order valence-corrected chi connectivity index (χ2v) is 5.43. The van der Waals surface area contributed by atoms with E-state index in [0.717, 1.165) is 0 Å². The van der Waals surface area contributed by atoms with Crippen molar-refractivity contribution < 1.29 is 32.2 Å². The number of nitrogens with one attached hydrogen (secondary N) is 2. The van der Waals surface area contributed by atoms with E-state index in [4.69, 9.17) is 9.47 Å². The van der Waals surface area contributed by atoms with Gasteiger partial charge in [0.05, 0.1) is 14.2 Å². The smallest absolute Gasteiger partial charge is 0.471 e. The molecular formula is C18H17F3N2O4. The summed E-state index contributed by atoms with van der Waals surface area (Å²) in [4.78, 5) is 23.2. The first-order valence-corrected chi connectivity index (χ1v) is 7.71. The lowest BCUT2D eigenvalue weighted by Crippen LogP contribution is -2.36. The van der Waals surface area contributed by atoms with Crippen molar-refractivity contribution in [2.75, 3.05) is 19.5 Å². The molecule has 0 aliphatic rings. The van der Waals surface area contributed by atoms with Gasteiger partial charge in [-0.25, -0.2) is 0 Å². The predicted octanol–water partition coefficient (Wildman–Crippen LogP) is 3.13. The lowest BCUT2D eigenvalue weighted by atomic mass is 10.1. The Morgan fingerprint density at radius 3 is 2.00 bits per heavy atom. The summed E-state index contributed by atoms with van der Waals surface area (Å²) in [5, 5.41) is 4.43. The van der Waals surface area contributed by atoms with Gasteiger partial charge >= 0.3 is 12.1 Å². The summed E-state index contributed by atoms with van der Waals surface area (Å²) in [5.41, 5.74) is 1.20. The third kappa shape index (κ3) is 5.63. The Bertz CT molecular complexity index is 798. The molecule has 0 aliphatic heterocycles. The molecule has 2 rings (SSSR count). The van der Waals surface area contributed by atoms with Gasteiger partial charge in [-0.05, 0) is 29.8 Å². The molecule has 0 aromatic heterocycles. The highest BCUT2D eigenvalue weighted by atomic mass is 19.4. The number of anilines is 1. The Hall–Kier alpha value is -3.23. The van der Waals surface area contributed by atoms with Gasteiger partial charge in [0.2, 0.25) is 0 Å². The van der Waals surface area contributed by atoms with E-state index in [2.05, 4.69) is 5.32 Å². The van der Waals surface area contributed by atoms with Crippen molar-refractivity contribution in [1.29, 1.82) is 0 Å². The monoisotopic (exact) mass is 382 g/mol. The summed E-state index contributed by atoms with van der Waals surface area (Å²) in [5.74, 6) is -1.51. The summed E-state index contributed by atoms with van der Waals surface area (Å²) >= 11 is 0. The zero-order valence-electron chi connectivity index (χ0n) is 14.5. The van der Waals surface area contributed by atoms with E-state index in [9.17, 15) is 22.8 Å². The van der Waals surface area contributed by atoms with E-state index in [1.165, 1.54) is 38.5 Å². The van der Waals surface area contributed by atoms with Crippen molar-refractivity contribution in [3.63, 3.8) is 0 Å². The number of alkyl halides is 3. The number of hydrogen-bond donors (Lipinski definition) is 2. The summed E-state index contributed by atoms with van der Waals surface area (Å²) in [6.07, 6.45) is -4.92. The topological polar surface area (TPSA) is 76.7 Å². The van der Waals surface area contributed by atoms with Crippen molar-refractivity contribution in [2.24, 2.45) is 0 Å². The molecule has 0 unspecified atom stereocenters. The number of ether oxygens (including phenoxy) is 2. The third-order valence-electron chi connectivity index (χ3n) is 3.54. The van der Waals surface area contributed by atoms with Gasteiger partial charge in [-0.1, -0.05) is 12.1 Å². The normalized spacial score (nSPS) is 10.9. The average molecular weight is 382 g/mol. The molecule has 9 heteroatoms. The second kappa shape index (κ2) is 8.43. The van der Waals surface area contributed by atoms with Crippen LogP contribution in [0.1, 0.15) is 15.9 Å². The molecule has 2 amide bonds. The fourth-order valence-corrected chi connectivity index (χ4v) is 2.13. The van der Waals surface area contributed by atoms with Gasteiger partial charge < -0.3 is 20.1 Å². The van der Waals surface area contributed by atoms with E-state index >= 15 is 0 Å². The maximum Gasteiger partial charge on any atom is 0.471 e. The van der Waals surface area contributed by atoms with Crippen LogP contribution in [0, 0.1) is 0 Å². The molecule has 144 valence electrons. The van der Waals surface area contributed by atoms with Crippen LogP contribution in [0.25, 0.3) is 0 Å². The highest BCUT2D eigenvalue weighted by Crippen LogP contribution is 2.23. The Kier molecular flexibility index (Phi) is 6.27. The van der Waals surface area contributed by atoms with Crippen molar-refractivity contribution in [3.8, 4) is 11.5 Å². The van der Waals surface area contributed by atoms with E-state index in [-0.39, 0.29) is 6.54 Å². The molecule has 0 radical (unpaired) electrons. The van der Waals surface area contributed by atoms with Crippen molar-refractivity contribution in [3.05, 3.63) is 53.6 Å². The maximum atomic E-state index is 12.4. The Balaban J connectivity index is 2.02. The number of carbonyl (C=O) groups is 2. The van der Waals surface area contributed by atoms with Crippen LogP contribution < -0.4 is 20.1 Å². The van der Waals surface area contributed by atoms with Crippen molar-refractivity contribution >= 4 is 17.5 Å². The molecular weight excluding hydrogens is 365 g/mol. The predicted molar refractivity (Wildman–Crippen MR) is 91.8 cm³/mol. The summed E-state index contributed by atoms with van der Waals surface area (Å²) < 4.78 is 46.7. The largest absolute Gasteiger partial charge is 0.497 e. The van der Waals surface area contributed by atoms with Crippen LogP contribution in [0.5, 0.6) is 11.5 Å². The number of amides is 2. The molecule has 0 saturated carbocycles. The molecule has 0 atom stereocenters. The number of hydrogen-bond acceptors (Lipinski definition) is 4. The van der Waals surface area contributed by atoms with E-state index in [0.29, 0.717) is 28.3 Å². The van der Waals surface area contributed by atoms with Crippen LogP contribution in [0.15, 0.2) is 42.5 Å². The zero-order chi connectivity index (χ0) is 20.0. The van der Waals surface area contributed by atoms with Gasteiger partial charge in [0, 0.05) is 23.9 Å². The van der Waals surface area contributed by atoms with Crippen LogP contribution >= 0.6 is 0 Å². The number of halogens is 3. The molecule has 2 aromatic rings. The van der Waals surface area contributed by atoms with Crippen molar-refractivity contribution in [1.82, 2.24) is 5.32 Å². The number of benzene rings is 2. The standard InChI is InChI=1S/C18H17F3N2O4/c1-26-14-7-12(8-15(9-14)27-2)16(24)23-13-5-3-11(4-6-13)10-22-17(25)18(19,20)21/h3-9H,10H2,1-2H3,(H,22,25)(H,23,24). The van der Waals surface area contributed by atoms with Crippen LogP contribution in [-0.2, 0) is 11.3 Å². The molecule has 6 nitrogen and oxygen atoms in total. The first kappa shape index (κ1) is 20.1. The first-order valence-electron chi connectivity index (χ1n) is 7.71. The van der Waals surface area contributed by atoms with Gasteiger partial charge in [0.15, 0.2) is 0 Å². The average Bonchev–Trinajstić information content (AvgIpc) is 2.65. The molecule has 0 heterocycles. The third-order valence-corrected chi connectivity index (χ3v) is 3.54. The minimum absolute atomic E-state index is 0.278. The molecule has 0 bridgehead atoms. The van der Waals surface area contributed by atoms with Gasteiger partial charge in [-0.15, -0.1) is 0 Å².